The molecule has 15 heavy (non-hydrogen) atoms. The van der Waals surface area contributed by atoms with Crippen molar-refractivity contribution in [2.24, 2.45) is 0 Å². The van der Waals surface area contributed by atoms with E-state index in [9.17, 15) is 4.79 Å². The monoisotopic (exact) mass is 213 g/mol. The summed E-state index contributed by atoms with van der Waals surface area (Å²) in [6, 6.07) is 0.0327. The molecule has 5 heteroatoms. The number of hydrogen-bond acceptors (Lipinski definition) is 3. The molecule has 0 atom stereocenters. The predicted molar refractivity (Wildman–Crippen MR) is 56.6 cm³/mol. The molecular weight excluding hydrogens is 194 g/mol. The van der Waals surface area contributed by atoms with Crippen molar-refractivity contribution in [3.8, 4) is 0 Å². The van der Waals surface area contributed by atoms with Gasteiger partial charge in [-0.15, -0.1) is 0 Å². The molecule has 86 valence electrons. The number of piperidine rings is 1. The highest BCUT2D eigenvalue weighted by Gasteiger charge is 2.42. The van der Waals surface area contributed by atoms with Crippen LogP contribution in [0, 0.1) is 0 Å². The molecule has 5 nitrogen and oxygen atoms in total. The lowest BCUT2D eigenvalue weighted by atomic mass is 9.89. The van der Waals surface area contributed by atoms with E-state index in [1.807, 2.05) is 4.90 Å². The zero-order valence-corrected chi connectivity index (χ0v) is 8.96. The van der Waals surface area contributed by atoms with Crippen LogP contribution in [0.3, 0.4) is 0 Å². The van der Waals surface area contributed by atoms with Gasteiger partial charge >= 0.3 is 6.03 Å². The number of carbonyl (C=O) groups excluding carboxylic acids is 1. The molecule has 2 aliphatic heterocycles. The molecule has 2 rings (SSSR count). The second-order valence-corrected chi connectivity index (χ2v) is 4.46. The predicted octanol–water partition coefficient (Wildman–Crippen LogP) is -0.484. The van der Waals surface area contributed by atoms with Crippen molar-refractivity contribution in [2.45, 2.75) is 24.8 Å². The highest BCUT2D eigenvalue weighted by Crippen LogP contribution is 2.25. The molecule has 2 aliphatic rings. The first-order valence-electron chi connectivity index (χ1n) is 5.64. The van der Waals surface area contributed by atoms with Gasteiger partial charge in [0.05, 0.1) is 5.54 Å². The van der Waals surface area contributed by atoms with Crippen LogP contribution in [-0.4, -0.2) is 54.4 Å². The number of carbonyl (C=O) groups is 1. The maximum Gasteiger partial charge on any atom is 0.317 e. The lowest BCUT2D eigenvalue weighted by molar-refractivity contribution is 0.207. The van der Waals surface area contributed by atoms with Gasteiger partial charge in [0.25, 0.3) is 0 Å². The van der Waals surface area contributed by atoms with E-state index < -0.39 is 0 Å². The van der Waals surface area contributed by atoms with Gasteiger partial charge in [0.15, 0.2) is 0 Å². The summed E-state index contributed by atoms with van der Waals surface area (Å²) in [5, 5.41) is 15.1. The first-order valence-corrected chi connectivity index (χ1v) is 5.64. The van der Waals surface area contributed by atoms with Crippen LogP contribution in [0.2, 0.25) is 0 Å². The van der Waals surface area contributed by atoms with Crippen LogP contribution in [0.4, 0.5) is 4.79 Å². The molecule has 0 aliphatic carbocycles. The lowest BCUT2D eigenvalue weighted by Gasteiger charge is -2.33. The normalized spacial score (nSPS) is 24.6. The average Bonchev–Trinajstić information content (AvgIpc) is 2.53. The Balaban J connectivity index is 1.92. The number of rotatable bonds is 3. The number of hydrogen-bond donors (Lipinski definition) is 3. The van der Waals surface area contributed by atoms with Crippen molar-refractivity contribution in [2.75, 3.05) is 32.8 Å². The second kappa shape index (κ2) is 4.37. The van der Waals surface area contributed by atoms with Gasteiger partial charge in [0.1, 0.15) is 0 Å². The molecule has 3 N–H and O–H groups in total. The minimum absolute atomic E-state index is 0.00219. The largest absolute Gasteiger partial charge is 0.396 e. The van der Waals surface area contributed by atoms with E-state index in [1.54, 1.807) is 0 Å². The minimum atomic E-state index is -0.00219. The summed E-state index contributed by atoms with van der Waals surface area (Å²) in [6.45, 7) is 3.58. The van der Waals surface area contributed by atoms with Gasteiger partial charge < -0.3 is 20.6 Å². The fourth-order valence-electron chi connectivity index (χ4n) is 2.41. The number of nitrogens with zero attached hydrogens (tertiary/aromatic N) is 1. The van der Waals surface area contributed by atoms with Crippen molar-refractivity contribution < 1.29 is 9.90 Å². The van der Waals surface area contributed by atoms with E-state index in [1.165, 1.54) is 0 Å². The van der Waals surface area contributed by atoms with E-state index in [-0.39, 0.29) is 18.2 Å². The quantitative estimate of drug-likeness (QED) is 0.593. The molecular formula is C10H19N3O2. The van der Waals surface area contributed by atoms with Crippen molar-refractivity contribution >= 4 is 6.03 Å². The summed E-state index contributed by atoms with van der Waals surface area (Å²) in [7, 11) is 0. The van der Waals surface area contributed by atoms with E-state index in [4.69, 9.17) is 5.11 Å². The zero-order valence-electron chi connectivity index (χ0n) is 8.96. The van der Waals surface area contributed by atoms with Crippen LogP contribution in [-0.2, 0) is 0 Å². The Morgan fingerprint density at radius 3 is 2.80 bits per heavy atom. The lowest BCUT2D eigenvalue weighted by Crippen LogP contribution is -2.51. The number of aliphatic hydroxyl groups is 1. The molecule has 0 aromatic heterocycles. The molecule has 2 saturated heterocycles. The van der Waals surface area contributed by atoms with Gasteiger partial charge in [0.2, 0.25) is 0 Å². The summed E-state index contributed by atoms with van der Waals surface area (Å²) in [5.41, 5.74) is -0.00219. The molecule has 1 spiro atoms. The van der Waals surface area contributed by atoms with Crippen LogP contribution in [0.25, 0.3) is 0 Å². The van der Waals surface area contributed by atoms with Crippen molar-refractivity contribution in [3.05, 3.63) is 0 Å². The fourth-order valence-corrected chi connectivity index (χ4v) is 2.41. The van der Waals surface area contributed by atoms with E-state index in [0.717, 1.165) is 32.5 Å². The van der Waals surface area contributed by atoms with Crippen LogP contribution >= 0.6 is 0 Å². The number of urea groups is 1. The van der Waals surface area contributed by atoms with Crippen molar-refractivity contribution in [3.63, 3.8) is 0 Å². The molecule has 0 aromatic rings. The molecule has 2 heterocycles. The van der Waals surface area contributed by atoms with Gasteiger partial charge in [-0.25, -0.2) is 4.79 Å². The SMILES string of the molecule is O=C1NC2(CCNCC2)CN1CCCO. The molecule has 0 radical (unpaired) electrons. The summed E-state index contributed by atoms with van der Waals surface area (Å²) >= 11 is 0. The smallest absolute Gasteiger partial charge is 0.317 e. The van der Waals surface area contributed by atoms with Gasteiger partial charge in [-0.05, 0) is 32.4 Å². The summed E-state index contributed by atoms with van der Waals surface area (Å²) < 4.78 is 0. The first-order chi connectivity index (χ1) is 7.26. The van der Waals surface area contributed by atoms with Crippen LogP contribution in [0.15, 0.2) is 0 Å². The highest BCUT2D eigenvalue weighted by molar-refractivity contribution is 5.78. The molecule has 2 fully saturated rings. The van der Waals surface area contributed by atoms with Crippen molar-refractivity contribution in [1.29, 1.82) is 0 Å². The van der Waals surface area contributed by atoms with Crippen LogP contribution in [0.5, 0.6) is 0 Å². The molecule has 2 amide bonds. The fraction of sp³-hybridized carbons (Fsp3) is 0.900. The number of amides is 2. The molecule has 0 unspecified atom stereocenters. The second-order valence-electron chi connectivity index (χ2n) is 4.46. The topological polar surface area (TPSA) is 64.6 Å². The highest BCUT2D eigenvalue weighted by atomic mass is 16.3. The Kier molecular flexibility index (Phi) is 3.11. The Hall–Kier alpha value is -0.810. The van der Waals surface area contributed by atoms with Gasteiger partial charge in [-0.3, -0.25) is 0 Å². The van der Waals surface area contributed by atoms with Gasteiger partial charge in [0, 0.05) is 19.7 Å². The summed E-state index contributed by atoms with van der Waals surface area (Å²) in [6.07, 6.45) is 2.68. The molecule has 0 aromatic carbocycles. The standard InChI is InChI=1S/C10H19N3O2/c14-7-1-6-13-8-10(12-9(13)15)2-4-11-5-3-10/h11,14H,1-8H2,(H,12,15). The van der Waals surface area contributed by atoms with Crippen molar-refractivity contribution in [1.82, 2.24) is 15.5 Å². The number of aliphatic hydroxyl groups excluding tert-OH is 1. The maximum atomic E-state index is 11.7. The maximum absolute atomic E-state index is 11.7. The summed E-state index contributed by atoms with van der Waals surface area (Å²) in [5.74, 6) is 0. The first kappa shape index (κ1) is 10.7. The third-order valence-electron chi connectivity index (χ3n) is 3.30. The zero-order chi connectivity index (χ0) is 10.7. The Bertz CT molecular complexity index is 239. The third kappa shape index (κ3) is 2.23. The molecule has 0 bridgehead atoms. The summed E-state index contributed by atoms with van der Waals surface area (Å²) in [4.78, 5) is 13.5. The van der Waals surface area contributed by atoms with E-state index in [2.05, 4.69) is 10.6 Å². The van der Waals surface area contributed by atoms with Gasteiger partial charge in [-0.2, -0.15) is 0 Å². The Morgan fingerprint density at radius 1 is 1.40 bits per heavy atom. The third-order valence-corrected chi connectivity index (χ3v) is 3.30. The Labute approximate surface area is 89.8 Å². The minimum Gasteiger partial charge on any atom is -0.396 e. The average molecular weight is 213 g/mol. The number of nitrogens with one attached hydrogen (secondary N) is 2. The molecule has 0 saturated carbocycles. The van der Waals surface area contributed by atoms with E-state index in [0.29, 0.717) is 13.0 Å². The van der Waals surface area contributed by atoms with E-state index >= 15 is 0 Å². The Morgan fingerprint density at radius 2 is 2.13 bits per heavy atom. The van der Waals surface area contributed by atoms with Crippen LogP contribution in [0.1, 0.15) is 19.3 Å². The van der Waals surface area contributed by atoms with Gasteiger partial charge in [-0.1, -0.05) is 0 Å². The van der Waals surface area contributed by atoms with Crippen LogP contribution < -0.4 is 10.6 Å².